The van der Waals surface area contributed by atoms with Crippen molar-refractivity contribution in [2.24, 2.45) is 10.2 Å². The van der Waals surface area contributed by atoms with Gasteiger partial charge in [-0.05, 0) is 30.7 Å². The summed E-state index contributed by atoms with van der Waals surface area (Å²) < 4.78 is 30.1. The van der Waals surface area contributed by atoms with E-state index < -0.39 is 11.6 Å². The van der Waals surface area contributed by atoms with Crippen molar-refractivity contribution in [3.8, 4) is 11.3 Å². The molecule has 0 radical (unpaired) electrons. The first-order valence-corrected chi connectivity index (χ1v) is 9.12. The van der Waals surface area contributed by atoms with Crippen molar-refractivity contribution in [3.63, 3.8) is 0 Å². The highest BCUT2D eigenvalue weighted by atomic mass is 35.5. The molecule has 1 aliphatic rings. The Bertz CT molecular complexity index is 976. The third kappa shape index (κ3) is 3.62. The third-order valence-electron chi connectivity index (χ3n) is 4.63. The average Bonchev–Trinajstić information content (AvgIpc) is 2.95. The molecule has 0 amide bonds. The van der Waals surface area contributed by atoms with Crippen LogP contribution < -0.4 is 0 Å². The van der Waals surface area contributed by atoms with Gasteiger partial charge in [0.15, 0.2) is 0 Å². The second kappa shape index (κ2) is 7.56. The Kier molecular flexibility index (Phi) is 4.99. The van der Waals surface area contributed by atoms with E-state index in [1.165, 1.54) is 18.2 Å². The van der Waals surface area contributed by atoms with Crippen LogP contribution in [0.25, 0.3) is 11.3 Å². The molecule has 1 aromatic heterocycles. The molecule has 0 saturated heterocycles. The van der Waals surface area contributed by atoms with Gasteiger partial charge in [-0.2, -0.15) is 15.3 Å². The Morgan fingerprint density at radius 3 is 2.30 bits per heavy atom. The molecule has 0 bridgehead atoms. The summed E-state index contributed by atoms with van der Waals surface area (Å²) in [6, 6.07) is 11.3. The van der Waals surface area contributed by atoms with Gasteiger partial charge in [-0.3, -0.25) is 4.68 Å². The van der Waals surface area contributed by atoms with Gasteiger partial charge in [-0.1, -0.05) is 29.8 Å². The van der Waals surface area contributed by atoms with E-state index in [0.29, 0.717) is 31.0 Å². The molecule has 2 heterocycles. The van der Waals surface area contributed by atoms with Crippen molar-refractivity contribution >= 4 is 11.6 Å². The number of benzene rings is 2. The van der Waals surface area contributed by atoms with E-state index in [1.54, 1.807) is 16.8 Å². The summed E-state index contributed by atoms with van der Waals surface area (Å²) >= 11 is 6.03. The first-order valence-electron chi connectivity index (χ1n) is 8.74. The van der Waals surface area contributed by atoms with Crippen LogP contribution >= 0.6 is 11.6 Å². The van der Waals surface area contributed by atoms with E-state index in [1.807, 2.05) is 12.1 Å². The SMILES string of the molecule is Fc1cccc(F)c1Cn1nc2c(c1-c1ccc(Cl)cc1)CCN=NCC2. The van der Waals surface area contributed by atoms with Crippen molar-refractivity contribution < 1.29 is 8.78 Å². The molecular weight excluding hydrogens is 370 g/mol. The second-order valence-electron chi connectivity index (χ2n) is 6.37. The van der Waals surface area contributed by atoms with Crippen LogP contribution in [0.2, 0.25) is 5.02 Å². The molecule has 3 aromatic rings. The van der Waals surface area contributed by atoms with Crippen molar-refractivity contribution in [2.75, 3.05) is 13.1 Å². The minimum Gasteiger partial charge on any atom is -0.260 e. The predicted octanol–water partition coefficient (Wildman–Crippen LogP) is 5.08. The van der Waals surface area contributed by atoms with Gasteiger partial charge in [0, 0.05) is 28.1 Å². The van der Waals surface area contributed by atoms with Crippen LogP contribution in [-0.2, 0) is 19.4 Å². The molecule has 4 nitrogen and oxygen atoms in total. The lowest BCUT2D eigenvalue weighted by Gasteiger charge is -2.12. The standard InChI is InChI=1S/C20H17ClF2N4/c21-14-6-4-13(5-7-14)20-15-8-10-24-25-11-9-19(15)26-27(20)12-16-17(22)2-1-3-18(16)23/h1-7H,8-12H2. The average molecular weight is 387 g/mol. The van der Waals surface area contributed by atoms with E-state index in [9.17, 15) is 8.78 Å². The number of azo groups is 1. The molecule has 0 spiro atoms. The third-order valence-corrected chi connectivity index (χ3v) is 4.88. The van der Waals surface area contributed by atoms with Crippen molar-refractivity contribution in [1.29, 1.82) is 0 Å². The van der Waals surface area contributed by atoms with E-state index in [0.717, 1.165) is 22.5 Å². The fourth-order valence-corrected chi connectivity index (χ4v) is 3.48. The summed E-state index contributed by atoms with van der Waals surface area (Å²) in [5.74, 6) is -1.16. The van der Waals surface area contributed by atoms with Gasteiger partial charge >= 0.3 is 0 Å². The van der Waals surface area contributed by atoms with Crippen LogP contribution in [0.1, 0.15) is 16.8 Å². The number of aromatic nitrogens is 2. The number of halogens is 3. The number of fused-ring (bicyclic) bond motifs is 1. The van der Waals surface area contributed by atoms with Crippen LogP contribution in [-0.4, -0.2) is 22.9 Å². The van der Waals surface area contributed by atoms with Crippen LogP contribution in [0.4, 0.5) is 8.78 Å². The molecular formula is C20H17ClF2N4. The molecule has 0 unspecified atom stereocenters. The number of rotatable bonds is 3. The molecule has 27 heavy (non-hydrogen) atoms. The molecule has 0 aliphatic carbocycles. The topological polar surface area (TPSA) is 42.5 Å². The summed E-state index contributed by atoms with van der Waals surface area (Å²) in [5.41, 5.74) is 3.70. The van der Waals surface area contributed by atoms with Crippen LogP contribution in [0.5, 0.6) is 0 Å². The van der Waals surface area contributed by atoms with Gasteiger partial charge in [-0.25, -0.2) is 8.78 Å². The molecule has 7 heteroatoms. The monoisotopic (exact) mass is 386 g/mol. The Labute approximate surface area is 160 Å². The zero-order valence-corrected chi connectivity index (χ0v) is 15.3. The normalized spacial score (nSPS) is 13.9. The molecule has 138 valence electrons. The van der Waals surface area contributed by atoms with Gasteiger partial charge in [0.2, 0.25) is 0 Å². The highest BCUT2D eigenvalue weighted by Gasteiger charge is 2.21. The summed E-state index contributed by atoms with van der Waals surface area (Å²) in [6.45, 7) is 1.13. The summed E-state index contributed by atoms with van der Waals surface area (Å²) in [4.78, 5) is 0. The number of hydrogen-bond acceptors (Lipinski definition) is 3. The largest absolute Gasteiger partial charge is 0.260 e. The van der Waals surface area contributed by atoms with E-state index in [-0.39, 0.29) is 12.1 Å². The first kappa shape index (κ1) is 17.8. The van der Waals surface area contributed by atoms with Gasteiger partial charge in [0.1, 0.15) is 11.6 Å². The van der Waals surface area contributed by atoms with E-state index >= 15 is 0 Å². The lowest BCUT2D eigenvalue weighted by molar-refractivity contribution is 0.533. The molecule has 0 fully saturated rings. The Balaban J connectivity index is 1.85. The zero-order chi connectivity index (χ0) is 18.8. The Morgan fingerprint density at radius 2 is 1.59 bits per heavy atom. The maximum Gasteiger partial charge on any atom is 0.131 e. The van der Waals surface area contributed by atoms with Gasteiger partial charge in [-0.15, -0.1) is 0 Å². The molecule has 2 aromatic carbocycles. The van der Waals surface area contributed by atoms with Gasteiger partial charge < -0.3 is 0 Å². The summed E-state index contributed by atoms with van der Waals surface area (Å²) in [5, 5.41) is 13.6. The van der Waals surface area contributed by atoms with Gasteiger partial charge in [0.25, 0.3) is 0 Å². The van der Waals surface area contributed by atoms with Crippen molar-refractivity contribution in [1.82, 2.24) is 9.78 Å². The lowest BCUT2D eigenvalue weighted by Crippen LogP contribution is -2.08. The van der Waals surface area contributed by atoms with Crippen LogP contribution in [0.3, 0.4) is 0 Å². The maximum absolute atomic E-state index is 14.2. The zero-order valence-electron chi connectivity index (χ0n) is 14.5. The highest BCUT2D eigenvalue weighted by Crippen LogP contribution is 2.30. The van der Waals surface area contributed by atoms with Crippen molar-refractivity contribution in [3.05, 3.63) is 75.9 Å². The van der Waals surface area contributed by atoms with Crippen molar-refractivity contribution in [2.45, 2.75) is 19.4 Å². The Morgan fingerprint density at radius 1 is 0.926 bits per heavy atom. The fraction of sp³-hybridized carbons (Fsp3) is 0.250. The first-order chi connectivity index (χ1) is 13.1. The van der Waals surface area contributed by atoms with Crippen LogP contribution in [0, 0.1) is 11.6 Å². The highest BCUT2D eigenvalue weighted by molar-refractivity contribution is 6.30. The number of nitrogens with zero attached hydrogens (tertiary/aromatic N) is 4. The molecule has 0 N–H and O–H groups in total. The molecule has 4 rings (SSSR count). The smallest absolute Gasteiger partial charge is 0.131 e. The predicted molar refractivity (Wildman–Crippen MR) is 100 cm³/mol. The fourth-order valence-electron chi connectivity index (χ4n) is 3.35. The molecule has 0 atom stereocenters. The minimum atomic E-state index is -0.579. The maximum atomic E-state index is 14.2. The van der Waals surface area contributed by atoms with Gasteiger partial charge in [0.05, 0.1) is 31.0 Å². The molecule has 0 saturated carbocycles. The number of hydrogen-bond donors (Lipinski definition) is 0. The van der Waals surface area contributed by atoms with Crippen LogP contribution in [0.15, 0.2) is 52.7 Å². The lowest BCUT2D eigenvalue weighted by atomic mass is 10.0. The van der Waals surface area contributed by atoms with E-state index in [2.05, 4.69) is 15.3 Å². The summed E-state index contributed by atoms with van der Waals surface area (Å²) in [6.07, 6.45) is 1.32. The minimum absolute atomic E-state index is 0.00226. The van der Waals surface area contributed by atoms with E-state index in [4.69, 9.17) is 11.6 Å². The molecule has 1 aliphatic heterocycles. The quantitative estimate of drug-likeness (QED) is 0.618. The second-order valence-corrected chi connectivity index (χ2v) is 6.81. The Hall–Kier alpha value is -2.60. The summed E-state index contributed by atoms with van der Waals surface area (Å²) in [7, 11) is 0.